The van der Waals surface area contributed by atoms with Gasteiger partial charge in [0.2, 0.25) is 0 Å². The van der Waals surface area contributed by atoms with Crippen LogP contribution in [0.5, 0.6) is 0 Å². The van der Waals surface area contributed by atoms with Gasteiger partial charge in [-0.05, 0) is 35.4 Å². The van der Waals surface area contributed by atoms with Crippen molar-refractivity contribution in [1.82, 2.24) is 5.32 Å². The molecule has 0 aliphatic heterocycles. The predicted molar refractivity (Wildman–Crippen MR) is 85.3 cm³/mol. The van der Waals surface area contributed by atoms with Crippen molar-refractivity contribution in [2.24, 2.45) is 0 Å². The number of amides is 1. The Labute approximate surface area is 133 Å². The van der Waals surface area contributed by atoms with Gasteiger partial charge in [-0.1, -0.05) is 53.5 Å². The molecule has 0 saturated heterocycles. The molecule has 1 N–H and O–H groups in total. The Hall–Kier alpha value is -1.97. The van der Waals surface area contributed by atoms with Gasteiger partial charge in [0.1, 0.15) is 6.61 Å². The van der Waals surface area contributed by atoms with E-state index in [1.165, 1.54) is 6.20 Å². The second kappa shape index (κ2) is 7.72. The second-order valence-electron chi connectivity index (χ2n) is 4.20. The molecule has 1 amide bonds. The summed E-state index contributed by atoms with van der Waals surface area (Å²) < 4.78 is 5.06. The number of ether oxygens (including phenoxy) is 1. The van der Waals surface area contributed by atoms with Crippen LogP contribution in [0.1, 0.15) is 11.1 Å². The highest BCUT2D eigenvalue weighted by molar-refractivity contribution is 6.32. The standard InChI is InChI=1S/C16H13Cl2NO2/c17-14-7-5-12(6-8-14)11-21-16(20)19-10-9-13-3-1-2-4-15(13)18/h1-10H,11H2,(H,19,20). The lowest BCUT2D eigenvalue weighted by Gasteiger charge is -2.04. The van der Waals surface area contributed by atoms with Crippen LogP contribution in [-0.4, -0.2) is 6.09 Å². The highest BCUT2D eigenvalue weighted by atomic mass is 35.5. The lowest BCUT2D eigenvalue weighted by atomic mass is 10.2. The molecule has 2 aromatic carbocycles. The summed E-state index contributed by atoms with van der Waals surface area (Å²) in [4.78, 5) is 11.5. The van der Waals surface area contributed by atoms with Crippen molar-refractivity contribution in [1.29, 1.82) is 0 Å². The average Bonchev–Trinajstić information content (AvgIpc) is 2.49. The van der Waals surface area contributed by atoms with Crippen molar-refractivity contribution in [3.05, 3.63) is 75.9 Å². The molecule has 0 aliphatic carbocycles. The maximum atomic E-state index is 11.5. The third kappa shape index (κ3) is 5.14. The zero-order chi connectivity index (χ0) is 15.1. The van der Waals surface area contributed by atoms with E-state index in [0.717, 1.165) is 11.1 Å². The van der Waals surface area contributed by atoms with Crippen LogP contribution in [-0.2, 0) is 11.3 Å². The van der Waals surface area contributed by atoms with Crippen LogP contribution in [0.2, 0.25) is 10.0 Å². The highest BCUT2D eigenvalue weighted by Crippen LogP contribution is 2.15. The first-order chi connectivity index (χ1) is 10.1. The Kier molecular flexibility index (Phi) is 5.67. The first-order valence-electron chi connectivity index (χ1n) is 6.24. The van der Waals surface area contributed by atoms with E-state index in [1.54, 1.807) is 36.4 Å². The van der Waals surface area contributed by atoms with Gasteiger partial charge in [0, 0.05) is 16.2 Å². The van der Waals surface area contributed by atoms with E-state index in [1.807, 2.05) is 18.2 Å². The Morgan fingerprint density at radius 2 is 1.81 bits per heavy atom. The summed E-state index contributed by atoms with van der Waals surface area (Å²) in [6.07, 6.45) is 2.66. The summed E-state index contributed by atoms with van der Waals surface area (Å²) in [6, 6.07) is 14.4. The molecular formula is C16H13Cl2NO2. The topological polar surface area (TPSA) is 38.3 Å². The van der Waals surface area contributed by atoms with Crippen LogP contribution in [0.3, 0.4) is 0 Å². The first kappa shape index (κ1) is 15.4. The van der Waals surface area contributed by atoms with Crippen LogP contribution in [0.15, 0.2) is 54.7 Å². The summed E-state index contributed by atoms with van der Waals surface area (Å²) in [5.41, 5.74) is 1.68. The maximum absolute atomic E-state index is 11.5. The molecule has 0 bridgehead atoms. The van der Waals surface area contributed by atoms with Gasteiger partial charge in [-0.2, -0.15) is 0 Å². The van der Waals surface area contributed by atoms with Crippen molar-refractivity contribution in [2.45, 2.75) is 6.61 Å². The molecule has 0 spiro atoms. The Morgan fingerprint density at radius 1 is 1.10 bits per heavy atom. The van der Waals surface area contributed by atoms with E-state index >= 15 is 0 Å². The van der Waals surface area contributed by atoms with Crippen molar-refractivity contribution in [2.75, 3.05) is 0 Å². The fourth-order valence-electron chi connectivity index (χ4n) is 1.58. The maximum Gasteiger partial charge on any atom is 0.411 e. The van der Waals surface area contributed by atoms with Crippen LogP contribution in [0.25, 0.3) is 6.08 Å². The number of benzene rings is 2. The van der Waals surface area contributed by atoms with E-state index < -0.39 is 6.09 Å². The van der Waals surface area contributed by atoms with Crippen LogP contribution in [0.4, 0.5) is 4.79 Å². The predicted octanol–water partition coefficient (Wildman–Crippen LogP) is 4.89. The minimum Gasteiger partial charge on any atom is -0.444 e. The van der Waals surface area contributed by atoms with E-state index in [2.05, 4.69) is 5.32 Å². The molecule has 0 saturated carbocycles. The van der Waals surface area contributed by atoms with Crippen molar-refractivity contribution in [3.63, 3.8) is 0 Å². The van der Waals surface area contributed by atoms with Crippen molar-refractivity contribution < 1.29 is 9.53 Å². The summed E-state index contributed by atoms with van der Waals surface area (Å²) in [5.74, 6) is 0. The normalized spacial score (nSPS) is 10.6. The van der Waals surface area contributed by atoms with E-state index in [0.29, 0.717) is 10.0 Å². The van der Waals surface area contributed by atoms with Gasteiger partial charge in [-0.15, -0.1) is 0 Å². The molecule has 0 aliphatic rings. The molecule has 108 valence electrons. The Bertz CT molecular complexity index is 639. The van der Waals surface area contributed by atoms with E-state index in [-0.39, 0.29) is 6.61 Å². The minimum absolute atomic E-state index is 0.183. The summed E-state index contributed by atoms with van der Waals surface area (Å²) in [7, 11) is 0. The number of rotatable bonds is 4. The van der Waals surface area contributed by atoms with E-state index in [4.69, 9.17) is 27.9 Å². The van der Waals surface area contributed by atoms with Gasteiger partial charge >= 0.3 is 6.09 Å². The van der Waals surface area contributed by atoms with Gasteiger partial charge in [0.15, 0.2) is 0 Å². The van der Waals surface area contributed by atoms with Gasteiger partial charge in [0.05, 0.1) is 0 Å². The zero-order valence-electron chi connectivity index (χ0n) is 11.1. The molecule has 21 heavy (non-hydrogen) atoms. The number of carbonyl (C=O) groups is 1. The average molecular weight is 322 g/mol. The molecule has 3 nitrogen and oxygen atoms in total. The highest BCUT2D eigenvalue weighted by Gasteiger charge is 2.00. The molecule has 0 atom stereocenters. The molecule has 0 radical (unpaired) electrons. The molecular weight excluding hydrogens is 309 g/mol. The number of hydrogen-bond donors (Lipinski definition) is 1. The zero-order valence-corrected chi connectivity index (χ0v) is 12.6. The molecule has 5 heteroatoms. The van der Waals surface area contributed by atoms with Gasteiger partial charge in [-0.25, -0.2) is 4.79 Å². The van der Waals surface area contributed by atoms with Crippen molar-refractivity contribution >= 4 is 35.4 Å². The second-order valence-corrected chi connectivity index (χ2v) is 5.05. The molecule has 0 unspecified atom stereocenters. The number of hydrogen-bond acceptors (Lipinski definition) is 2. The van der Waals surface area contributed by atoms with E-state index in [9.17, 15) is 4.79 Å². The molecule has 2 aromatic rings. The number of alkyl carbamates (subject to hydrolysis) is 1. The monoisotopic (exact) mass is 321 g/mol. The van der Waals surface area contributed by atoms with Crippen LogP contribution in [0, 0.1) is 0 Å². The number of carbonyl (C=O) groups excluding carboxylic acids is 1. The molecule has 0 aromatic heterocycles. The molecule has 0 heterocycles. The fraction of sp³-hybridized carbons (Fsp3) is 0.0625. The van der Waals surface area contributed by atoms with Gasteiger partial charge < -0.3 is 4.74 Å². The van der Waals surface area contributed by atoms with Crippen LogP contribution >= 0.6 is 23.2 Å². The molecule has 2 rings (SSSR count). The Balaban J connectivity index is 1.80. The fourth-order valence-corrected chi connectivity index (χ4v) is 1.91. The van der Waals surface area contributed by atoms with Gasteiger partial charge in [0.25, 0.3) is 0 Å². The summed E-state index contributed by atoms with van der Waals surface area (Å²) >= 11 is 11.8. The number of nitrogens with one attached hydrogen (secondary N) is 1. The summed E-state index contributed by atoms with van der Waals surface area (Å²) in [5, 5.41) is 3.77. The lowest BCUT2D eigenvalue weighted by Crippen LogP contribution is -2.18. The SMILES string of the molecule is O=C(NC=Cc1ccccc1Cl)OCc1ccc(Cl)cc1. The third-order valence-electron chi connectivity index (χ3n) is 2.65. The largest absolute Gasteiger partial charge is 0.444 e. The molecule has 0 fully saturated rings. The Morgan fingerprint density at radius 3 is 2.52 bits per heavy atom. The first-order valence-corrected chi connectivity index (χ1v) is 6.99. The quantitative estimate of drug-likeness (QED) is 0.870. The van der Waals surface area contributed by atoms with Crippen molar-refractivity contribution in [3.8, 4) is 0 Å². The van der Waals surface area contributed by atoms with Crippen LogP contribution < -0.4 is 5.32 Å². The smallest absolute Gasteiger partial charge is 0.411 e. The summed E-state index contributed by atoms with van der Waals surface area (Å²) in [6.45, 7) is 0.183. The lowest BCUT2D eigenvalue weighted by molar-refractivity contribution is 0.143. The van der Waals surface area contributed by atoms with Gasteiger partial charge in [-0.3, -0.25) is 5.32 Å². The third-order valence-corrected chi connectivity index (χ3v) is 3.25. The minimum atomic E-state index is -0.534. The number of halogens is 2.